The topological polar surface area (TPSA) is 72.9 Å². The molecule has 0 unspecified atom stereocenters. The molecule has 1 aromatic rings. The van der Waals surface area contributed by atoms with Crippen LogP contribution in [0.5, 0.6) is 0 Å². The van der Waals surface area contributed by atoms with E-state index in [1.165, 1.54) is 5.69 Å². The van der Waals surface area contributed by atoms with Crippen molar-refractivity contribution in [3.63, 3.8) is 0 Å². The lowest BCUT2D eigenvalue weighted by Crippen LogP contribution is -2.18. The highest BCUT2D eigenvalue weighted by molar-refractivity contribution is 5.73. The van der Waals surface area contributed by atoms with Gasteiger partial charge in [0.05, 0.1) is 12.0 Å². The van der Waals surface area contributed by atoms with Crippen molar-refractivity contribution in [2.24, 2.45) is 5.73 Å². The summed E-state index contributed by atoms with van der Waals surface area (Å²) in [5.74, 6) is -0.220. The Bertz CT molecular complexity index is 346. The number of aromatic nitrogens is 2. The number of amides is 1. The molecule has 17 heavy (non-hydrogen) atoms. The first-order valence-electron chi connectivity index (χ1n) is 6.11. The van der Waals surface area contributed by atoms with Crippen LogP contribution in [0.25, 0.3) is 0 Å². The minimum absolute atomic E-state index is 0.220. The SMILES string of the molecule is CC(C)n1cncc1CNCCCCC(N)=O. The summed E-state index contributed by atoms with van der Waals surface area (Å²) in [6.45, 7) is 5.99. The number of nitrogens with two attached hydrogens (primary N) is 1. The molecule has 96 valence electrons. The number of unbranched alkanes of at least 4 members (excludes halogenated alkanes) is 1. The van der Waals surface area contributed by atoms with Crippen LogP contribution in [0, 0.1) is 0 Å². The van der Waals surface area contributed by atoms with Gasteiger partial charge in [0, 0.05) is 25.2 Å². The molecule has 0 spiro atoms. The van der Waals surface area contributed by atoms with E-state index in [-0.39, 0.29) is 5.91 Å². The van der Waals surface area contributed by atoms with Crippen LogP contribution in [0.2, 0.25) is 0 Å². The zero-order valence-electron chi connectivity index (χ0n) is 10.6. The Labute approximate surface area is 102 Å². The highest BCUT2D eigenvalue weighted by Crippen LogP contribution is 2.08. The number of nitrogens with zero attached hydrogens (tertiary/aromatic N) is 2. The number of carbonyl (C=O) groups excluding carboxylic acids is 1. The Balaban J connectivity index is 2.18. The van der Waals surface area contributed by atoms with E-state index in [0.717, 1.165) is 25.9 Å². The molecule has 1 aromatic heterocycles. The van der Waals surface area contributed by atoms with Crippen molar-refractivity contribution < 1.29 is 4.79 Å². The van der Waals surface area contributed by atoms with Crippen LogP contribution < -0.4 is 11.1 Å². The van der Waals surface area contributed by atoms with Gasteiger partial charge < -0.3 is 15.6 Å². The average Bonchev–Trinajstić information content (AvgIpc) is 2.71. The maximum absolute atomic E-state index is 10.5. The molecule has 0 bridgehead atoms. The number of carbonyl (C=O) groups is 1. The second-order valence-corrected chi connectivity index (χ2v) is 4.49. The zero-order valence-corrected chi connectivity index (χ0v) is 10.6. The van der Waals surface area contributed by atoms with E-state index in [0.29, 0.717) is 12.5 Å². The molecular weight excluding hydrogens is 216 g/mol. The van der Waals surface area contributed by atoms with Gasteiger partial charge in [-0.2, -0.15) is 0 Å². The Kier molecular flexibility index (Phi) is 5.69. The fourth-order valence-electron chi connectivity index (χ4n) is 1.70. The Hall–Kier alpha value is -1.36. The molecule has 0 atom stereocenters. The lowest BCUT2D eigenvalue weighted by molar-refractivity contribution is -0.118. The molecule has 1 amide bonds. The van der Waals surface area contributed by atoms with Gasteiger partial charge in [0.15, 0.2) is 0 Å². The van der Waals surface area contributed by atoms with Crippen LogP contribution in [0.1, 0.15) is 44.8 Å². The van der Waals surface area contributed by atoms with E-state index in [1.54, 1.807) is 0 Å². The molecular formula is C12H22N4O. The third kappa shape index (κ3) is 4.99. The molecule has 0 fully saturated rings. The number of imidazole rings is 1. The van der Waals surface area contributed by atoms with Crippen LogP contribution in [-0.2, 0) is 11.3 Å². The maximum Gasteiger partial charge on any atom is 0.217 e. The average molecular weight is 238 g/mol. The minimum atomic E-state index is -0.220. The number of hydrogen-bond acceptors (Lipinski definition) is 3. The molecule has 5 nitrogen and oxygen atoms in total. The molecule has 0 saturated heterocycles. The molecule has 5 heteroatoms. The van der Waals surface area contributed by atoms with E-state index >= 15 is 0 Å². The Morgan fingerprint density at radius 2 is 2.29 bits per heavy atom. The molecule has 0 aliphatic heterocycles. The quantitative estimate of drug-likeness (QED) is 0.669. The third-order valence-electron chi connectivity index (χ3n) is 2.64. The molecule has 3 N–H and O–H groups in total. The summed E-state index contributed by atoms with van der Waals surface area (Å²) in [7, 11) is 0. The van der Waals surface area contributed by atoms with Gasteiger partial charge >= 0.3 is 0 Å². The first-order valence-corrected chi connectivity index (χ1v) is 6.11. The van der Waals surface area contributed by atoms with Crippen LogP contribution in [0.15, 0.2) is 12.5 Å². The van der Waals surface area contributed by atoms with Crippen molar-refractivity contribution in [1.29, 1.82) is 0 Å². The molecule has 0 aromatic carbocycles. The van der Waals surface area contributed by atoms with Gasteiger partial charge in [-0.3, -0.25) is 4.79 Å². The molecule has 0 radical (unpaired) electrons. The van der Waals surface area contributed by atoms with Gasteiger partial charge in [-0.1, -0.05) is 0 Å². The van der Waals surface area contributed by atoms with Crippen molar-refractivity contribution >= 4 is 5.91 Å². The predicted molar refractivity (Wildman–Crippen MR) is 67.4 cm³/mol. The standard InChI is InChI=1S/C12H22N4O/c1-10(2)16-9-15-8-11(16)7-14-6-4-3-5-12(13)17/h8-10,14H,3-7H2,1-2H3,(H2,13,17). The lowest BCUT2D eigenvalue weighted by atomic mass is 10.2. The smallest absolute Gasteiger partial charge is 0.217 e. The van der Waals surface area contributed by atoms with Crippen LogP contribution in [0.4, 0.5) is 0 Å². The van der Waals surface area contributed by atoms with E-state index < -0.39 is 0 Å². The molecule has 0 aliphatic rings. The van der Waals surface area contributed by atoms with Crippen molar-refractivity contribution in [2.45, 2.75) is 45.7 Å². The van der Waals surface area contributed by atoms with Gasteiger partial charge in [0.25, 0.3) is 0 Å². The number of rotatable bonds is 8. The zero-order chi connectivity index (χ0) is 12.7. The monoisotopic (exact) mass is 238 g/mol. The maximum atomic E-state index is 10.5. The fourth-order valence-corrected chi connectivity index (χ4v) is 1.70. The summed E-state index contributed by atoms with van der Waals surface area (Å²) in [5.41, 5.74) is 6.26. The summed E-state index contributed by atoms with van der Waals surface area (Å²) in [4.78, 5) is 14.7. The number of nitrogens with one attached hydrogen (secondary N) is 1. The first kappa shape index (κ1) is 13.7. The Morgan fingerprint density at radius 1 is 1.53 bits per heavy atom. The normalized spacial score (nSPS) is 11.0. The van der Waals surface area contributed by atoms with Gasteiger partial charge in [0.1, 0.15) is 0 Å². The highest BCUT2D eigenvalue weighted by Gasteiger charge is 2.04. The number of hydrogen-bond donors (Lipinski definition) is 2. The summed E-state index contributed by atoms with van der Waals surface area (Å²) < 4.78 is 2.15. The van der Waals surface area contributed by atoms with Gasteiger partial charge in [-0.05, 0) is 33.2 Å². The van der Waals surface area contributed by atoms with Crippen LogP contribution >= 0.6 is 0 Å². The van der Waals surface area contributed by atoms with Crippen molar-refractivity contribution in [3.05, 3.63) is 18.2 Å². The van der Waals surface area contributed by atoms with E-state index in [1.807, 2.05) is 12.5 Å². The van der Waals surface area contributed by atoms with Crippen molar-refractivity contribution in [3.8, 4) is 0 Å². The molecule has 1 heterocycles. The first-order chi connectivity index (χ1) is 8.11. The van der Waals surface area contributed by atoms with Gasteiger partial charge in [0.2, 0.25) is 5.91 Å². The lowest BCUT2D eigenvalue weighted by Gasteiger charge is -2.12. The molecule has 0 saturated carbocycles. The summed E-state index contributed by atoms with van der Waals surface area (Å²) in [5, 5.41) is 3.34. The largest absolute Gasteiger partial charge is 0.370 e. The second-order valence-electron chi connectivity index (χ2n) is 4.49. The third-order valence-corrected chi connectivity index (χ3v) is 2.64. The molecule has 1 rings (SSSR count). The van der Waals surface area contributed by atoms with Crippen molar-refractivity contribution in [2.75, 3.05) is 6.54 Å². The predicted octanol–water partition coefficient (Wildman–Crippen LogP) is 1.21. The Morgan fingerprint density at radius 3 is 2.94 bits per heavy atom. The van der Waals surface area contributed by atoms with Gasteiger partial charge in [-0.25, -0.2) is 4.98 Å². The summed E-state index contributed by atoms with van der Waals surface area (Å²) >= 11 is 0. The van der Waals surface area contributed by atoms with E-state index in [9.17, 15) is 4.79 Å². The van der Waals surface area contributed by atoms with Crippen LogP contribution in [0.3, 0.4) is 0 Å². The van der Waals surface area contributed by atoms with Crippen LogP contribution in [-0.4, -0.2) is 22.0 Å². The van der Waals surface area contributed by atoms with E-state index in [4.69, 9.17) is 5.73 Å². The minimum Gasteiger partial charge on any atom is -0.370 e. The molecule has 0 aliphatic carbocycles. The second kappa shape index (κ2) is 7.06. The fraction of sp³-hybridized carbons (Fsp3) is 0.667. The summed E-state index contributed by atoms with van der Waals surface area (Å²) in [6, 6.07) is 0.434. The van der Waals surface area contributed by atoms with Gasteiger partial charge in [-0.15, -0.1) is 0 Å². The number of primary amides is 1. The van der Waals surface area contributed by atoms with Crippen molar-refractivity contribution in [1.82, 2.24) is 14.9 Å². The highest BCUT2D eigenvalue weighted by atomic mass is 16.1. The van der Waals surface area contributed by atoms with E-state index in [2.05, 4.69) is 28.7 Å². The summed E-state index contributed by atoms with van der Waals surface area (Å²) in [6.07, 6.45) is 6.04.